The van der Waals surface area contributed by atoms with E-state index in [1.807, 2.05) is 69.6 Å². The van der Waals surface area contributed by atoms with Crippen molar-refractivity contribution in [2.45, 2.75) is 65.3 Å². The van der Waals surface area contributed by atoms with Gasteiger partial charge in [-0.05, 0) is 13.0 Å². The van der Waals surface area contributed by atoms with Crippen molar-refractivity contribution in [2.24, 2.45) is 5.41 Å². The zero-order chi connectivity index (χ0) is 41.1. The van der Waals surface area contributed by atoms with Crippen LogP contribution in [0.5, 0.6) is 0 Å². The van der Waals surface area contributed by atoms with Crippen LogP contribution in [0, 0.1) is 18.2 Å². The zero-order valence-corrected chi connectivity index (χ0v) is 35.8. The number of benzene rings is 3. The van der Waals surface area contributed by atoms with E-state index in [0.29, 0.717) is 61.2 Å². The summed E-state index contributed by atoms with van der Waals surface area (Å²) in [4.78, 5) is 62.2. The number of nitrogens with one attached hydrogen (secondary N) is 3. The van der Waals surface area contributed by atoms with Gasteiger partial charge in [0.05, 0.1) is 16.1 Å². The third kappa shape index (κ3) is 9.31. The molecule has 5 aromatic rings. The van der Waals surface area contributed by atoms with E-state index in [9.17, 15) is 24.3 Å². The Labute approximate surface area is 351 Å². The summed E-state index contributed by atoms with van der Waals surface area (Å²) in [5, 5.41) is 21.6. The molecule has 2 aliphatic heterocycles. The number of amides is 3. The van der Waals surface area contributed by atoms with Crippen LogP contribution in [0.3, 0.4) is 0 Å². The van der Waals surface area contributed by atoms with Crippen molar-refractivity contribution >= 4 is 39.8 Å². The van der Waals surface area contributed by atoms with Crippen molar-refractivity contribution in [3.8, 4) is 10.4 Å². The Morgan fingerprint density at radius 1 is 1.02 bits per heavy atom. The summed E-state index contributed by atoms with van der Waals surface area (Å²) in [5.74, 6) is -1.54. The molecular formula is C42H47FIN8O5S-. The minimum absolute atomic E-state index is 0.0165. The van der Waals surface area contributed by atoms with Gasteiger partial charge in [-0.1, -0.05) is 12.1 Å². The topological polar surface area (TPSA) is 164 Å². The van der Waals surface area contributed by atoms with Crippen LogP contribution >= 0.6 is 11.3 Å². The Kier molecular flexibility index (Phi) is 12.7. The number of aliphatic hydroxyl groups excluding tert-OH is 1. The molecule has 0 radical (unpaired) electrons. The van der Waals surface area contributed by atoms with Gasteiger partial charge in [0, 0.05) is 0 Å². The van der Waals surface area contributed by atoms with E-state index in [-0.39, 0.29) is 35.9 Å². The number of aryl methyl sites for hydroxylation is 1. The van der Waals surface area contributed by atoms with Gasteiger partial charge in [0.2, 0.25) is 0 Å². The molecule has 3 aromatic carbocycles. The van der Waals surface area contributed by atoms with E-state index in [1.165, 1.54) is 11.0 Å². The first kappa shape index (κ1) is 41.5. The van der Waals surface area contributed by atoms with Crippen molar-refractivity contribution in [3.05, 3.63) is 116 Å². The maximum absolute atomic E-state index is 15.1. The van der Waals surface area contributed by atoms with Gasteiger partial charge in [-0.25, -0.2) is 4.98 Å². The van der Waals surface area contributed by atoms with Gasteiger partial charge in [-0.2, -0.15) is 0 Å². The predicted octanol–water partition coefficient (Wildman–Crippen LogP) is 1.04. The van der Waals surface area contributed by atoms with Crippen molar-refractivity contribution in [3.63, 3.8) is 0 Å². The number of β-amino-alcohol motifs (C(OH)–C–C–N with tert-alkyl or cyclic N) is 1. The average Bonchev–Trinajstić information content (AvgIpc) is 3.83. The number of piperazine rings is 1. The van der Waals surface area contributed by atoms with E-state index in [0.717, 1.165) is 21.7 Å². The number of thiazole rings is 1. The SMILES string of the molecule is Cc1ncsc1-c1ccc(CNC(=O)C2C[C@@H](O)CN2C(=O)[C@@H](N[I-]N2CCN(C(=O)c3cc(Cc4n[nH]c(=O)c5ccccc45)ccc3F)CC2)C(C)(C)C)cc1. The fraction of sp³-hybridized carbons (Fsp3) is 0.381. The Balaban J connectivity index is 0.936. The van der Waals surface area contributed by atoms with Crippen LogP contribution in [0.15, 0.2) is 77.0 Å². The molecule has 7 rings (SSSR count). The molecule has 0 saturated carbocycles. The van der Waals surface area contributed by atoms with E-state index < -0.39 is 57.1 Å². The molecule has 3 atom stereocenters. The molecule has 2 aliphatic rings. The Bertz CT molecular complexity index is 2360. The number of fused-ring (bicyclic) bond motifs is 1. The number of carbonyl (C=O) groups excluding carboxylic acids is 3. The molecule has 0 aliphatic carbocycles. The molecule has 306 valence electrons. The predicted molar refractivity (Wildman–Crippen MR) is 216 cm³/mol. The number of H-pyrrole nitrogens is 1. The summed E-state index contributed by atoms with van der Waals surface area (Å²) in [6.07, 6.45) is -0.345. The van der Waals surface area contributed by atoms with Gasteiger partial charge in [0.1, 0.15) is 0 Å². The number of carbonyl (C=O) groups is 3. The Hall–Kier alpha value is -4.62. The van der Waals surface area contributed by atoms with E-state index in [4.69, 9.17) is 0 Å². The number of aromatic nitrogens is 3. The number of rotatable bonds is 11. The second-order valence-electron chi connectivity index (χ2n) is 15.8. The third-order valence-corrected chi connectivity index (χ3v) is 14.1. The minimum atomic E-state index is -0.877. The van der Waals surface area contributed by atoms with Crippen LogP contribution in [0.2, 0.25) is 0 Å². The van der Waals surface area contributed by atoms with E-state index in [2.05, 4.69) is 27.1 Å². The van der Waals surface area contributed by atoms with Crippen LogP contribution < -0.4 is 36.2 Å². The summed E-state index contributed by atoms with van der Waals surface area (Å²) >= 11 is 0.704. The molecule has 2 fully saturated rings. The van der Waals surface area contributed by atoms with E-state index >= 15 is 4.39 Å². The molecular weight excluding hydrogens is 874 g/mol. The summed E-state index contributed by atoms with van der Waals surface area (Å²) in [6.45, 7) is 10.1. The first-order valence-corrected chi connectivity index (χ1v) is 22.1. The monoisotopic (exact) mass is 921 g/mol. The summed E-state index contributed by atoms with van der Waals surface area (Å²) in [7, 11) is 0. The molecule has 3 amide bonds. The second-order valence-corrected chi connectivity index (χ2v) is 19.1. The molecule has 2 saturated heterocycles. The first-order chi connectivity index (χ1) is 27.8. The maximum atomic E-state index is 15.1. The summed E-state index contributed by atoms with van der Waals surface area (Å²) < 4.78 is 20.8. The molecule has 1 unspecified atom stereocenters. The Morgan fingerprint density at radius 2 is 1.72 bits per heavy atom. The number of aromatic amines is 1. The average molecular weight is 922 g/mol. The first-order valence-electron chi connectivity index (χ1n) is 19.2. The van der Waals surface area contributed by atoms with Gasteiger partial charge in [0.25, 0.3) is 5.56 Å². The van der Waals surface area contributed by atoms with Crippen molar-refractivity contribution in [1.29, 1.82) is 0 Å². The fourth-order valence-electron chi connectivity index (χ4n) is 7.32. The Morgan fingerprint density at radius 3 is 2.41 bits per heavy atom. The van der Waals surface area contributed by atoms with Crippen LogP contribution in [0.1, 0.15) is 60.1 Å². The van der Waals surface area contributed by atoms with E-state index in [1.54, 1.807) is 40.5 Å². The molecule has 4 heterocycles. The van der Waals surface area contributed by atoms with Crippen LogP contribution in [-0.4, -0.2) is 102 Å². The summed E-state index contributed by atoms with van der Waals surface area (Å²) in [6, 6.07) is 18.2. The number of halogens is 2. The van der Waals surface area contributed by atoms with Crippen LogP contribution in [-0.2, 0) is 22.6 Å². The molecule has 2 aromatic heterocycles. The zero-order valence-electron chi connectivity index (χ0n) is 32.8. The van der Waals surface area contributed by atoms with Crippen molar-refractivity contribution in [2.75, 3.05) is 32.7 Å². The number of hydrogen-bond acceptors (Lipinski definition) is 10. The summed E-state index contributed by atoms with van der Waals surface area (Å²) in [5.41, 5.74) is 5.29. The van der Waals surface area contributed by atoms with Gasteiger partial charge in [0.15, 0.2) is 0 Å². The number of aliphatic hydroxyl groups is 1. The number of nitrogens with zero attached hydrogens (tertiary/aromatic N) is 5. The van der Waals surface area contributed by atoms with Crippen molar-refractivity contribution in [1.82, 2.24) is 36.9 Å². The second kappa shape index (κ2) is 17.7. The van der Waals surface area contributed by atoms with Gasteiger partial charge >= 0.3 is 285 Å². The molecule has 4 N–H and O–H groups in total. The molecule has 0 bridgehead atoms. The van der Waals surface area contributed by atoms with Gasteiger partial charge < -0.3 is 0 Å². The molecule has 0 spiro atoms. The normalized spacial score (nSPS) is 18.2. The number of likely N-dealkylation sites (tertiary alicyclic amines) is 1. The van der Waals surface area contributed by atoms with Crippen LogP contribution in [0.4, 0.5) is 4.39 Å². The van der Waals surface area contributed by atoms with Gasteiger partial charge in [-0.3, -0.25) is 4.79 Å². The van der Waals surface area contributed by atoms with Gasteiger partial charge in [-0.15, -0.1) is 11.3 Å². The molecule has 58 heavy (non-hydrogen) atoms. The molecule has 13 nitrogen and oxygen atoms in total. The van der Waals surface area contributed by atoms with Crippen LogP contribution in [0.25, 0.3) is 21.2 Å². The number of hydrogen-bond donors (Lipinski definition) is 4. The quantitative estimate of drug-likeness (QED) is 0.112. The standard InChI is InChI=1S/C42H47FIN8O5S/c1-25-36(58-24-46-25)28-12-9-26(10-13-28)22-45-39(55)35-21-29(53)23-52(35)41(57)37(42(2,3)4)47-44-51-17-15-50(16-18-51)40(56)32-19-27(11-14-33(32)43)20-34-30-7-5-6-8-31(30)38(54)49-48-34/h5-14,19,24,29,35,37,47,53H,15-18,20-23H2,1-4H3,(H,45,55)(H,49,54)/q-1/t29-,35?,37-/m1/s1. The third-order valence-electron chi connectivity index (χ3n) is 10.6. The molecule has 16 heteroatoms. The fourth-order valence-corrected chi connectivity index (χ4v) is 10.9. The van der Waals surface area contributed by atoms with Crippen molar-refractivity contribution < 1.29 is 45.6 Å².